The first-order valence-electron chi connectivity index (χ1n) is 7.40. The molecule has 0 aliphatic carbocycles. The van der Waals surface area contributed by atoms with Crippen LogP contribution in [0.3, 0.4) is 0 Å². The summed E-state index contributed by atoms with van der Waals surface area (Å²) in [6.45, 7) is 1.64. The maximum Gasteiger partial charge on any atom is 0.279 e. The van der Waals surface area contributed by atoms with Crippen LogP contribution in [0.2, 0.25) is 0 Å². The van der Waals surface area contributed by atoms with Gasteiger partial charge in [0.25, 0.3) is 17.4 Å². The fourth-order valence-corrected chi connectivity index (χ4v) is 2.40. The van der Waals surface area contributed by atoms with E-state index < -0.39 is 17.4 Å². The second kappa shape index (κ2) is 6.19. The van der Waals surface area contributed by atoms with E-state index in [1.165, 1.54) is 13.1 Å². The molecule has 1 atom stereocenters. The van der Waals surface area contributed by atoms with Crippen molar-refractivity contribution in [2.24, 2.45) is 0 Å². The third-order valence-electron chi connectivity index (χ3n) is 3.82. The minimum atomic E-state index is -1.67. The molecular formula is C17H17N3O4. The van der Waals surface area contributed by atoms with Gasteiger partial charge in [0.1, 0.15) is 5.75 Å². The van der Waals surface area contributed by atoms with Gasteiger partial charge in [0, 0.05) is 18.3 Å². The zero-order valence-electron chi connectivity index (χ0n) is 13.3. The van der Waals surface area contributed by atoms with E-state index in [0.29, 0.717) is 17.3 Å². The predicted molar refractivity (Wildman–Crippen MR) is 86.7 cm³/mol. The summed E-state index contributed by atoms with van der Waals surface area (Å²) in [6, 6.07) is 10.6. The summed E-state index contributed by atoms with van der Waals surface area (Å²) in [5.74, 6) is 0.211. The van der Waals surface area contributed by atoms with Crippen molar-refractivity contribution in [1.82, 2.24) is 10.3 Å². The average Bonchev–Trinajstić information content (AvgIpc) is 2.60. The molecule has 124 valence electrons. The van der Waals surface area contributed by atoms with E-state index in [2.05, 4.69) is 15.6 Å². The van der Waals surface area contributed by atoms with Gasteiger partial charge in [-0.25, -0.2) is 4.98 Å². The Balaban J connectivity index is 1.76. The lowest BCUT2D eigenvalue weighted by Crippen LogP contribution is -2.58. The first kappa shape index (κ1) is 15.8. The Bertz CT molecular complexity index is 793. The smallest absolute Gasteiger partial charge is 0.279 e. The van der Waals surface area contributed by atoms with Gasteiger partial charge >= 0.3 is 0 Å². The third kappa shape index (κ3) is 2.76. The summed E-state index contributed by atoms with van der Waals surface area (Å²) < 4.78 is 10.9. The number of amides is 2. The van der Waals surface area contributed by atoms with Gasteiger partial charge < -0.3 is 20.1 Å². The molecule has 0 bridgehead atoms. The minimum absolute atomic E-state index is 0.217. The van der Waals surface area contributed by atoms with Crippen LogP contribution in [0, 0.1) is 0 Å². The van der Waals surface area contributed by atoms with Crippen LogP contribution in [0.25, 0.3) is 0 Å². The summed E-state index contributed by atoms with van der Waals surface area (Å²) in [4.78, 5) is 28.9. The predicted octanol–water partition coefficient (Wildman–Crippen LogP) is 1.50. The van der Waals surface area contributed by atoms with Crippen LogP contribution in [0.1, 0.15) is 12.5 Å². The molecule has 0 saturated heterocycles. The van der Waals surface area contributed by atoms with Crippen molar-refractivity contribution in [1.29, 1.82) is 0 Å². The van der Waals surface area contributed by atoms with E-state index in [0.717, 1.165) is 5.56 Å². The summed E-state index contributed by atoms with van der Waals surface area (Å²) in [5.41, 5.74) is -0.867. The minimum Gasteiger partial charge on any atom is -0.496 e. The standard InChI is InChI=1S/C17H17N3O4/c1-17(16(22)20-14-13(24-17)8-5-9-18-14)15(21)19-10-11-6-3-4-7-12(11)23-2/h3-9H,10H2,1-2H3,(H,19,21)(H,18,20,22). The van der Waals surface area contributed by atoms with E-state index in [1.54, 1.807) is 25.3 Å². The lowest BCUT2D eigenvalue weighted by molar-refractivity contribution is -0.146. The molecule has 3 rings (SSSR count). The van der Waals surface area contributed by atoms with Gasteiger partial charge in [-0.3, -0.25) is 9.59 Å². The van der Waals surface area contributed by atoms with Gasteiger partial charge in [-0.1, -0.05) is 18.2 Å². The molecule has 1 aromatic carbocycles. The van der Waals surface area contributed by atoms with Crippen LogP contribution in [0.4, 0.5) is 5.82 Å². The van der Waals surface area contributed by atoms with Gasteiger partial charge in [0.15, 0.2) is 11.6 Å². The largest absolute Gasteiger partial charge is 0.496 e. The van der Waals surface area contributed by atoms with Crippen molar-refractivity contribution in [3.05, 3.63) is 48.2 Å². The zero-order chi connectivity index (χ0) is 17.2. The maximum absolute atomic E-state index is 12.6. The number of nitrogens with one attached hydrogen (secondary N) is 2. The van der Waals surface area contributed by atoms with E-state index in [4.69, 9.17) is 9.47 Å². The third-order valence-corrected chi connectivity index (χ3v) is 3.82. The number of carbonyl (C=O) groups excluding carboxylic acids is 2. The van der Waals surface area contributed by atoms with Crippen LogP contribution in [0.5, 0.6) is 11.5 Å². The van der Waals surface area contributed by atoms with Crippen molar-refractivity contribution < 1.29 is 19.1 Å². The van der Waals surface area contributed by atoms with Crippen LogP contribution in [0.15, 0.2) is 42.6 Å². The lowest BCUT2D eigenvalue weighted by atomic mass is 10.0. The Hall–Kier alpha value is -3.09. The van der Waals surface area contributed by atoms with Crippen LogP contribution < -0.4 is 20.1 Å². The molecule has 2 N–H and O–H groups in total. The number of fused-ring (bicyclic) bond motifs is 1. The normalized spacial score (nSPS) is 18.8. The number of pyridine rings is 1. The number of methoxy groups -OCH3 is 1. The van der Waals surface area contributed by atoms with Crippen LogP contribution in [-0.2, 0) is 16.1 Å². The Morgan fingerprint density at radius 3 is 2.92 bits per heavy atom. The number of rotatable bonds is 4. The van der Waals surface area contributed by atoms with Crippen molar-refractivity contribution >= 4 is 17.6 Å². The highest BCUT2D eigenvalue weighted by Gasteiger charge is 2.47. The first-order valence-corrected chi connectivity index (χ1v) is 7.40. The highest BCUT2D eigenvalue weighted by Crippen LogP contribution is 2.31. The molecule has 1 aliphatic heterocycles. The fraction of sp³-hybridized carbons (Fsp3) is 0.235. The molecule has 2 amide bonds. The van der Waals surface area contributed by atoms with E-state index in [1.807, 2.05) is 18.2 Å². The van der Waals surface area contributed by atoms with Crippen molar-refractivity contribution in [2.45, 2.75) is 19.1 Å². The van der Waals surface area contributed by atoms with Crippen LogP contribution >= 0.6 is 0 Å². The number of hydrogen-bond donors (Lipinski definition) is 2. The molecule has 0 fully saturated rings. The second-order valence-corrected chi connectivity index (χ2v) is 5.43. The number of ether oxygens (including phenoxy) is 2. The zero-order valence-corrected chi connectivity index (χ0v) is 13.3. The molecular weight excluding hydrogens is 310 g/mol. The number of carbonyl (C=O) groups is 2. The van der Waals surface area contributed by atoms with Crippen molar-refractivity contribution in [2.75, 3.05) is 12.4 Å². The SMILES string of the molecule is COc1ccccc1CNC(=O)C1(C)Oc2cccnc2NC1=O. The van der Waals surface area contributed by atoms with E-state index >= 15 is 0 Å². The fourth-order valence-electron chi connectivity index (χ4n) is 2.40. The lowest BCUT2D eigenvalue weighted by Gasteiger charge is -2.32. The van der Waals surface area contributed by atoms with Crippen molar-refractivity contribution in [3.63, 3.8) is 0 Å². The molecule has 2 aromatic rings. The molecule has 1 aliphatic rings. The Kier molecular flexibility index (Phi) is 4.07. The molecule has 1 aromatic heterocycles. The van der Waals surface area contributed by atoms with E-state index in [9.17, 15) is 9.59 Å². The molecule has 1 unspecified atom stereocenters. The summed E-state index contributed by atoms with van der Waals surface area (Å²) in [7, 11) is 1.56. The molecule has 2 heterocycles. The summed E-state index contributed by atoms with van der Waals surface area (Å²) in [6.07, 6.45) is 1.53. The number of aromatic nitrogens is 1. The topological polar surface area (TPSA) is 89.6 Å². The molecule has 0 radical (unpaired) electrons. The highest BCUT2D eigenvalue weighted by atomic mass is 16.5. The maximum atomic E-state index is 12.6. The molecule has 7 heteroatoms. The number of benzene rings is 1. The summed E-state index contributed by atoms with van der Waals surface area (Å²) in [5, 5.41) is 5.31. The van der Waals surface area contributed by atoms with Crippen LogP contribution in [-0.4, -0.2) is 29.5 Å². The average molecular weight is 327 g/mol. The molecule has 24 heavy (non-hydrogen) atoms. The Morgan fingerprint density at radius 1 is 1.33 bits per heavy atom. The molecule has 7 nitrogen and oxygen atoms in total. The Morgan fingerprint density at radius 2 is 2.12 bits per heavy atom. The first-order chi connectivity index (χ1) is 11.5. The second-order valence-electron chi connectivity index (χ2n) is 5.43. The van der Waals surface area contributed by atoms with Gasteiger partial charge in [0.2, 0.25) is 0 Å². The number of hydrogen-bond acceptors (Lipinski definition) is 5. The van der Waals surface area contributed by atoms with Crippen molar-refractivity contribution in [3.8, 4) is 11.5 Å². The Labute approximate surface area is 139 Å². The molecule has 0 spiro atoms. The summed E-state index contributed by atoms with van der Waals surface area (Å²) >= 11 is 0. The number of nitrogens with zero attached hydrogens (tertiary/aromatic N) is 1. The quantitative estimate of drug-likeness (QED) is 0.831. The van der Waals surface area contributed by atoms with Gasteiger partial charge in [-0.15, -0.1) is 0 Å². The van der Waals surface area contributed by atoms with E-state index in [-0.39, 0.29) is 6.54 Å². The monoisotopic (exact) mass is 327 g/mol. The number of anilines is 1. The number of para-hydroxylation sites is 1. The highest BCUT2D eigenvalue weighted by molar-refractivity contribution is 6.15. The van der Waals surface area contributed by atoms with Gasteiger partial charge in [-0.05, 0) is 25.1 Å². The van der Waals surface area contributed by atoms with Gasteiger partial charge in [0.05, 0.1) is 7.11 Å². The molecule has 0 saturated carbocycles. The van der Waals surface area contributed by atoms with Gasteiger partial charge in [-0.2, -0.15) is 0 Å².